The van der Waals surface area contributed by atoms with Gasteiger partial charge in [-0.15, -0.1) is 11.3 Å². The molecule has 1 amide bonds. The standard InChI is InChI=1S/C12H12F3N5OS/c13-12(14,15)8(2-3-16)20-10(21)7-6-19-11(22-7)9-17-4-1-5-18-9/h1,4-6,8H,2-3,16H2,(H,20,21). The van der Waals surface area contributed by atoms with Crippen molar-refractivity contribution in [3.8, 4) is 10.8 Å². The minimum atomic E-state index is -4.55. The Bertz CT molecular complexity index is 631. The molecule has 0 fully saturated rings. The van der Waals surface area contributed by atoms with Crippen molar-refractivity contribution in [1.82, 2.24) is 20.3 Å². The molecule has 0 aliphatic rings. The molecule has 2 heterocycles. The summed E-state index contributed by atoms with van der Waals surface area (Å²) in [4.78, 5) is 23.8. The molecule has 0 aliphatic heterocycles. The molecule has 1 atom stereocenters. The van der Waals surface area contributed by atoms with Gasteiger partial charge in [0.15, 0.2) is 10.8 Å². The van der Waals surface area contributed by atoms with Crippen LogP contribution in [-0.2, 0) is 0 Å². The van der Waals surface area contributed by atoms with Crippen LogP contribution in [0.4, 0.5) is 13.2 Å². The molecular formula is C12H12F3N5OS. The molecule has 118 valence electrons. The Morgan fingerprint density at radius 3 is 2.59 bits per heavy atom. The molecule has 0 aliphatic carbocycles. The molecule has 3 N–H and O–H groups in total. The van der Waals surface area contributed by atoms with Crippen LogP contribution in [0.25, 0.3) is 10.8 Å². The lowest BCUT2D eigenvalue weighted by Crippen LogP contribution is -2.46. The van der Waals surface area contributed by atoms with Gasteiger partial charge in [-0.05, 0) is 19.0 Å². The van der Waals surface area contributed by atoms with Crippen molar-refractivity contribution in [2.75, 3.05) is 6.54 Å². The van der Waals surface area contributed by atoms with E-state index in [4.69, 9.17) is 5.73 Å². The molecule has 2 aromatic rings. The number of nitrogens with one attached hydrogen (secondary N) is 1. The average Bonchev–Trinajstić information content (AvgIpc) is 2.96. The van der Waals surface area contributed by atoms with Gasteiger partial charge in [-0.25, -0.2) is 15.0 Å². The molecule has 2 aromatic heterocycles. The highest BCUT2D eigenvalue weighted by Crippen LogP contribution is 2.25. The molecule has 6 nitrogen and oxygen atoms in total. The zero-order chi connectivity index (χ0) is 16.2. The van der Waals surface area contributed by atoms with E-state index in [1.54, 1.807) is 6.07 Å². The fourth-order valence-corrected chi connectivity index (χ4v) is 2.37. The van der Waals surface area contributed by atoms with Gasteiger partial charge in [-0.2, -0.15) is 13.2 Å². The second-order valence-corrected chi connectivity index (χ2v) is 5.28. The number of hydrogen-bond donors (Lipinski definition) is 2. The third-order valence-electron chi connectivity index (χ3n) is 2.64. The minimum Gasteiger partial charge on any atom is -0.339 e. The normalized spacial score (nSPS) is 12.9. The van der Waals surface area contributed by atoms with Crippen LogP contribution >= 0.6 is 11.3 Å². The van der Waals surface area contributed by atoms with Crippen LogP contribution in [0.15, 0.2) is 24.7 Å². The predicted molar refractivity (Wildman–Crippen MR) is 74.1 cm³/mol. The highest BCUT2D eigenvalue weighted by molar-refractivity contribution is 7.16. The molecule has 0 aromatic carbocycles. The van der Waals surface area contributed by atoms with E-state index in [9.17, 15) is 18.0 Å². The van der Waals surface area contributed by atoms with Crippen molar-refractivity contribution in [2.45, 2.75) is 18.6 Å². The lowest BCUT2D eigenvalue weighted by molar-refractivity contribution is -0.154. The largest absolute Gasteiger partial charge is 0.408 e. The fraction of sp³-hybridized carbons (Fsp3) is 0.333. The predicted octanol–water partition coefficient (Wildman–Crippen LogP) is 1.61. The number of aromatic nitrogens is 3. The lowest BCUT2D eigenvalue weighted by Gasteiger charge is -2.20. The summed E-state index contributed by atoms with van der Waals surface area (Å²) < 4.78 is 38.3. The van der Waals surface area contributed by atoms with Crippen LogP contribution in [0.1, 0.15) is 16.1 Å². The molecular weight excluding hydrogens is 319 g/mol. The number of nitrogens with two attached hydrogens (primary N) is 1. The Kier molecular flexibility index (Phi) is 5.03. The lowest BCUT2D eigenvalue weighted by atomic mass is 10.2. The first-order valence-corrected chi connectivity index (χ1v) is 7.04. The molecule has 1 unspecified atom stereocenters. The summed E-state index contributed by atoms with van der Waals surface area (Å²) in [5, 5.41) is 2.28. The second-order valence-electron chi connectivity index (χ2n) is 4.25. The first-order chi connectivity index (χ1) is 10.4. The number of rotatable bonds is 5. The van der Waals surface area contributed by atoms with Gasteiger partial charge in [0.1, 0.15) is 10.9 Å². The number of nitrogens with zero attached hydrogens (tertiary/aromatic N) is 3. The molecule has 0 saturated heterocycles. The summed E-state index contributed by atoms with van der Waals surface area (Å²) in [6, 6.07) is -0.366. The van der Waals surface area contributed by atoms with Crippen LogP contribution in [0.5, 0.6) is 0 Å². The zero-order valence-electron chi connectivity index (χ0n) is 11.2. The topological polar surface area (TPSA) is 93.8 Å². The van der Waals surface area contributed by atoms with E-state index in [-0.39, 0.29) is 17.8 Å². The highest BCUT2D eigenvalue weighted by atomic mass is 32.1. The van der Waals surface area contributed by atoms with Crippen LogP contribution < -0.4 is 11.1 Å². The van der Waals surface area contributed by atoms with Gasteiger partial charge in [0.2, 0.25) is 0 Å². The van der Waals surface area contributed by atoms with E-state index < -0.39 is 18.1 Å². The summed E-state index contributed by atoms with van der Waals surface area (Å²) in [7, 11) is 0. The molecule has 0 saturated carbocycles. The van der Waals surface area contributed by atoms with Gasteiger partial charge >= 0.3 is 6.18 Å². The molecule has 22 heavy (non-hydrogen) atoms. The van der Waals surface area contributed by atoms with Crippen molar-refractivity contribution < 1.29 is 18.0 Å². The second kappa shape index (κ2) is 6.79. The first-order valence-electron chi connectivity index (χ1n) is 6.22. The Hall–Kier alpha value is -2.07. The van der Waals surface area contributed by atoms with Gasteiger partial charge < -0.3 is 11.1 Å². The number of hydrogen-bond acceptors (Lipinski definition) is 6. The van der Waals surface area contributed by atoms with E-state index in [2.05, 4.69) is 15.0 Å². The van der Waals surface area contributed by atoms with E-state index in [0.29, 0.717) is 10.8 Å². The maximum Gasteiger partial charge on any atom is 0.408 e. The van der Waals surface area contributed by atoms with E-state index in [1.165, 1.54) is 18.6 Å². The van der Waals surface area contributed by atoms with Gasteiger partial charge in [0.25, 0.3) is 5.91 Å². The number of amides is 1. The molecule has 2 rings (SSSR count). The van der Waals surface area contributed by atoms with Gasteiger partial charge in [-0.3, -0.25) is 4.79 Å². The Morgan fingerprint density at radius 1 is 1.32 bits per heavy atom. The van der Waals surface area contributed by atoms with Gasteiger partial charge in [0.05, 0.1) is 6.20 Å². The van der Waals surface area contributed by atoms with Crippen LogP contribution in [0.3, 0.4) is 0 Å². The maximum atomic E-state index is 12.8. The third kappa shape index (κ3) is 3.98. The molecule has 10 heteroatoms. The van der Waals surface area contributed by atoms with Crippen molar-refractivity contribution in [3.05, 3.63) is 29.5 Å². The monoisotopic (exact) mass is 331 g/mol. The smallest absolute Gasteiger partial charge is 0.339 e. The minimum absolute atomic E-state index is 0.0497. The summed E-state index contributed by atoms with van der Waals surface area (Å²) in [5.74, 6) is -0.545. The van der Waals surface area contributed by atoms with Crippen molar-refractivity contribution >= 4 is 17.2 Å². The van der Waals surface area contributed by atoms with Crippen LogP contribution in [0, 0.1) is 0 Å². The number of halogens is 3. The number of carbonyl (C=O) groups excluding carboxylic acids is 1. The number of alkyl halides is 3. The van der Waals surface area contributed by atoms with Crippen molar-refractivity contribution in [3.63, 3.8) is 0 Å². The zero-order valence-corrected chi connectivity index (χ0v) is 12.0. The summed E-state index contributed by atoms with van der Waals surface area (Å²) >= 11 is 0.918. The summed E-state index contributed by atoms with van der Waals surface area (Å²) in [6.45, 7) is -0.184. The Morgan fingerprint density at radius 2 is 2.00 bits per heavy atom. The Balaban J connectivity index is 2.12. The van der Waals surface area contributed by atoms with Crippen LogP contribution in [0.2, 0.25) is 0 Å². The van der Waals surface area contributed by atoms with Crippen molar-refractivity contribution in [2.24, 2.45) is 5.73 Å². The van der Waals surface area contributed by atoms with Crippen LogP contribution in [-0.4, -0.2) is 39.6 Å². The van der Waals surface area contributed by atoms with E-state index in [0.717, 1.165) is 11.3 Å². The molecule has 0 spiro atoms. The Labute approximate surface area is 127 Å². The van der Waals surface area contributed by atoms with Gasteiger partial charge in [0, 0.05) is 12.4 Å². The van der Waals surface area contributed by atoms with E-state index >= 15 is 0 Å². The van der Waals surface area contributed by atoms with Crippen molar-refractivity contribution in [1.29, 1.82) is 0 Å². The molecule has 0 bridgehead atoms. The highest BCUT2D eigenvalue weighted by Gasteiger charge is 2.40. The fourth-order valence-electron chi connectivity index (χ4n) is 1.61. The number of thiazole rings is 1. The average molecular weight is 331 g/mol. The third-order valence-corrected chi connectivity index (χ3v) is 3.63. The maximum absolute atomic E-state index is 12.8. The first kappa shape index (κ1) is 16.3. The quantitative estimate of drug-likeness (QED) is 0.868. The van der Waals surface area contributed by atoms with E-state index in [1.807, 2.05) is 5.32 Å². The van der Waals surface area contributed by atoms with Gasteiger partial charge in [-0.1, -0.05) is 0 Å². The number of carbonyl (C=O) groups is 1. The molecule has 0 radical (unpaired) electrons. The summed E-state index contributed by atoms with van der Waals surface area (Å²) in [5.41, 5.74) is 5.14. The summed E-state index contributed by atoms with van der Waals surface area (Å²) in [6.07, 6.45) is -0.732. The SMILES string of the molecule is NCCC(NC(=O)c1cnc(-c2ncccn2)s1)C(F)(F)F.